The molecule has 0 unspecified atom stereocenters. The van der Waals surface area contributed by atoms with E-state index in [1.54, 1.807) is 0 Å². The van der Waals surface area contributed by atoms with Crippen LogP contribution in [0.5, 0.6) is 0 Å². The van der Waals surface area contributed by atoms with Crippen LogP contribution >= 0.6 is 11.3 Å². The van der Waals surface area contributed by atoms with Crippen molar-refractivity contribution < 1.29 is 0 Å². The second-order valence-corrected chi connectivity index (χ2v) is 15.6. The van der Waals surface area contributed by atoms with Gasteiger partial charge in [-0.25, -0.2) is 9.97 Å². The minimum Gasteiger partial charge on any atom is -0.309 e. The van der Waals surface area contributed by atoms with E-state index in [4.69, 9.17) is 9.97 Å². The Morgan fingerprint density at radius 3 is 1.75 bits per heavy atom. The fourth-order valence-electron chi connectivity index (χ4n) is 8.81. The highest BCUT2D eigenvalue weighted by Gasteiger charge is 2.24. The van der Waals surface area contributed by atoms with Gasteiger partial charge >= 0.3 is 0 Å². The minimum absolute atomic E-state index is 0.698. The Morgan fingerprint density at radius 1 is 0.404 bits per heavy atom. The van der Waals surface area contributed by atoms with E-state index < -0.39 is 0 Å². The summed E-state index contributed by atoms with van der Waals surface area (Å²) in [6, 6.07) is 69.4. The van der Waals surface area contributed by atoms with Crippen LogP contribution in [0.15, 0.2) is 194 Å². The topological polar surface area (TPSA) is 35.6 Å². The van der Waals surface area contributed by atoms with Crippen molar-refractivity contribution in [3.05, 3.63) is 194 Å². The lowest BCUT2D eigenvalue weighted by atomic mass is 9.97. The second-order valence-electron chi connectivity index (χ2n) is 14.6. The monoisotopic (exact) mass is 744 g/mol. The van der Waals surface area contributed by atoms with E-state index >= 15 is 0 Å². The van der Waals surface area contributed by atoms with Crippen molar-refractivity contribution in [1.82, 2.24) is 19.1 Å². The first-order chi connectivity index (χ1) is 28.3. The van der Waals surface area contributed by atoms with Gasteiger partial charge in [-0.3, -0.25) is 4.57 Å². The molecule has 12 rings (SSSR count). The normalized spacial score (nSPS) is 11.9. The molecule has 5 heteroatoms. The van der Waals surface area contributed by atoms with Gasteiger partial charge in [-0.1, -0.05) is 140 Å². The van der Waals surface area contributed by atoms with Gasteiger partial charge in [0.15, 0.2) is 5.82 Å². The summed E-state index contributed by atoms with van der Waals surface area (Å²) in [4.78, 5) is 10.5. The average Bonchev–Trinajstić information content (AvgIpc) is 3.94. The molecular formula is C52H32N4S. The van der Waals surface area contributed by atoms with Crippen LogP contribution in [0.2, 0.25) is 0 Å². The van der Waals surface area contributed by atoms with Gasteiger partial charge in [-0.15, -0.1) is 11.3 Å². The maximum absolute atomic E-state index is 5.37. The number of para-hydroxylation sites is 3. The van der Waals surface area contributed by atoms with Gasteiger partial charge in [-0.05, 0) is 54.1 Å². The lowest BCUT2D eigenvalue weighted by Gasteiger charge is -2.13. The predicted molar refractivity (Wildman–Crippen MR) is 240 cm³/mol. The van der Waals surface area contributed by atoms with Crippen LogP contribution in [0, 0.1) is 0 Å². The molecule has 8 aromatic carbocycles. The van der Waals surface area contributed by atoms with E-state index in [-0.39, 0.29) is 0 Å². The number of rotatable bonds is 5. The van der Waals surface area contributed by atoms with Crippen molar-refractivity contribution in [3.63, 3.8) is 0 Å². The predicted octanol–water partition coefficient (Wildman–Crippen LogP) is 14.0. The molecule has 0 spiro atoms. The first-order valence-corrected chi connectivity index (χ1v) is 20.1. The SMILES string of the molecule is c1ccc(-c2cc(-n3c4ccccc4c4cc(-c5ccc6c(c5)c5ccccc5n6-c5ccccc5)c5sc6ccccc6c5c43)nc(-c3ccccc3)n2)cc1. The molecule has 4 heterocycles. The highest BCUT2D eigenvalue weighted by molar-refractivity contribution is 7.26. The number of benzene rings is 8. The molecule has 0 fully saturated rings. The molecule has 0 saturated heterocycles. The highest BCUT2D eigenvalue weighted by Crippen LogP contribution is 2.48. The molecule has 0 bridgehead atoms. The van der Waals surface area contributed by atoms with Crippen molar-refractivity contribution in [2.24, 2.45) is 0 Å². The van der Waals surface area contributed by atoms with E-state index in [0.29, 0.717) is 5.82 Å². The summed E-state index contributed by atoms with van der Waals surface area (Å²) in [6.45, 7) is 0. The van der Waals surface area contributed by atoms with Crippen LogP contribution in [0.3, 0.4) is 0 Å². The summed E-state index contributed by atoms with van der Waals surface area (Å²) < 4.78 is 7.29. The fourth-order valence-corrected chi connectivity index (χ4v) is 10.0. The summed E-state index contributed by atoms with van der Waals surface area (Å²) >= 11 is 1.87. The maximum atomic E-state index is 5.37. The van der Waals surface area contributed by atoms with Gasteiger partial charge in [0.25, 0.3) is 0 Å². The fraction of sp³-hybridized carbons (Fsp3) is 0. The second kappa shape index (κ2) is 12.6. The van der Waals surface area contributed by atoms with E-state index in [1.807, 2.05) is 35.6 Å². The summed E-state index contributed by atoms with van der Waals surface area (Å²) in [6.07, 6.45) is 0. The molecule has 12 aromatic rings. The van der Waals surface area contributed by atoms with E-state index in [9.17, 15) is 0 Å². The van der Waals surface area contributed by atoms with Crippen LogP contribution in [-0.4, -0.2) is 19.1 Å². The average molecular weight is 745 g/mol. The number of fused-ring (bicyclic) bond motifs is 10. The molecule has 266 valence electrons. The number of aromatic nitrogens is 4. The number of hydrogen-bond acceptors (Lipinski definition) is 3. The van der Waals surface area contributed by atoms with Crippen molar-refractivity contribution in [2.45, 2.75) is 0 Å². The maximum Gasteiger partial charge on any atom is 0.162 e. The zero-order valence-electron chi connectivity index (χ0n) is 30.7. The smallest absolute Gasteiger partial charge is 0.162 e. The minimum atomic E-state index is 0.698. The molecule has 0 N–H and O–H groups in total. The van der Waals surface area contributed by atoms with Crippen molar-refractivity contribution >= 4 is 75.1 Å². The van der Waals surface area contributed by atoms with Gasteiger partial charge in [0.05, 0.1) is 27.8 Å². The molecule has 4 nitrogen and oxygen atoms in total. The van der Waals surface area contributed by atoms with Crippen LogP contribution in [0.4, 0.5) is 0 Å². The Hall–Kier alpha value is -7.34. The quantitative estimate of drug-likeness (QED) is 0.176. The van der Waals surface area contributed by atoms with Gasteiger partial charge < -0.3 is 4.57 Å². The summed E-state index contributed by atoms with van der Waals surface area (Å²) in [5, 5.41) is 7.36. The lowest BCUT2D eigenvalue weighted by molar-refractivity contribution is 1.05. The summed E-state index contributed by atoms with van der Waals surface area (Å²) in [7, 11) is 0. The third kappa shape index (κ3) is 4.93. The molecule has 0 aliphatic rings. The standard InChI is InChI=1S/C52H32N4S/c1-4-16-33(17-5-1)43-32-48(54-52(53-43)34-18-6-2-7-19-34)56-45-26-14-11-23-38(45)42-31-40(51-49(50(42)56)39-24-12-15-27-47(39)57-51)35-28-29-46-41(30-35)37-22-10-13-25-44(37)55(46)36-20-8-3-9-21-36/h1-32H. The van der Waals surface area contributed by atoms with Gasteiger partial charge in [0.2, 0.25) is 0 Å². The zero-order valence-corrected chi connectivity index (χ0v) is 31.5. The van der Waals surface area contributed by atoms with E-state index in [0.717, 1.165) is 39.4 Å². The molecule has 0 amide bonds. The Kier molecular flexibility index (Phi) is 7.06. The lowest BCUT2D eigenvalue weighted by Crippen LogP contribution is -2.02. The van der Waals surface area contributed by atoms with E-state index in [1.165, 1.54) is 63.9 Å². The summed E-state index contributed by atoms with van der Waals surface area (Å²) in [5.41, 5.74) is 11.2. The first kappa shape index (κ1) is 32.0. The Morgan fingerprint density at radius 2 is 1.00 bits per heavy atom. The molecule has 0 saturated carbocycles. The van der Waals surface area contributed by atoms with Crippen molar-refractivity contribution in [2.75, 3.05) is 0 Å². The van der Waals surface area contributed by atoms with Crippen molar-refractivity contribution in [3.8, 4) is 45.3 Å². The molecule has 0 aliphatic heterocycles. The third-order valence-corrected chi connectivity index (χ3v) is 12.5. The Bertz CT molecular complexity index is 3450. The van der Waals surface area contributed by atoms with Gasteiger partial charge in [0.1, 0.15) is 5.82 Å². The van der Waals surface area contributed by atoms with Crippen LogP contribution in [0.1, 0.15) is 0 Å². The van der Waals surface area contributed by atoms with E-state index in [2.05, 4.69) is 179 Å². The molecule has 0 atom stereocenters. The first-order valence-electron chi connectivity index (χ1n) is 19.3. The van der Waals surface area contributed by atoms with Crippen LogP contribution in [0.25, 0.3) is 109 Å². The van der Waals surface area contributed by atoms with Crippen molar-refractivity contribution in [1.29, 1.82) is 0 Å². The molecule has 0 aliphatic carbocycles. The number of nitrogens with zero attached hydrogens (tertiary/aromatic N) is 4. The largest absolute Gasteiger partial charge is 0.309 e. The Balaban J connectivity index is 1.18. The Labute approximate surface area is 332 Å². The molecular weight excluding hydrogens is 713 g/mol. The third-order valence-electron chi connectivity index (χ3n) is 11.3. The van der Waals surface area contributed by atoms with Gasteiger partial charge in [-0.2, -0.15) is 0 Å². The molecule has 57 heavy (non-hydrogen) atoms. The summed E-state index contributed by atoms with van der Waals surface area (Å²) in [5.74, 6) is 1.54. The zero-order chi connectivity index (χ0) is 37.5. The number of hydrogen-bond donors (Lipinski definition) is 0. The molecule has 4 aromatic heterocycles. The van der Waals surface area contributed by atoms with Crippen LogP contribution < -0.4 is 0 Å². The van der Waals surface area contributed by atoms with Gasteiger partial charge in [0, 0.05) is 70.2 Å². The molecule has 0 radical (unpaired) electrons. The number of thiophene rings is 1. The van der Waals surface area contributed by atoms with Crippen LogP contribution in [-0.2, 0) is 0 Å². The highest BCUT2D eigenvalue weighted by atomic mass is 32.1.